The van der Waals surface area contributed by atoms with Crippen LogP contribution in [0.2, 0.25) is 0 Å². The van der Waals surface area contributed by atoms with Gasteiger partial charge in [-0.15, -0.1) is 0 Å². The summed E-state index contributed by atoms with van der Waals surface area (Å²) in [6.07, 6.45) is 3.87. The molecule has 5 heteroatoms. The van der Waals surface area contributed by atoms with E-state index in [9.17, 15) is 0 Å². The molecule has 0 saturated heterocycles. The minimum absolute atomic E-state index is 0.229. The van der Waals surface area contributed by atoms with E-state index in [0.29, 0.717) is 5.25 Å². The summed E-state index contributed by atoms with van der Waals surface area (Å²) in [5.74, 6) is 7.60. The lowest BCUT2D eigenvalue weighted by Gasteiger charge is -2.19. The number of methoxy groups -OCH3 is 1. The highest BCUT2D eigenvalue weighted by Gasteiger charge is 2.15. The molecule has 114 valence electrons. The summed E-state index contributed by atoms with van der Waals surface area (Å²) in [7, 11) is 1.70. The summed E-state index contributed by atoms with van der Waals surface area (Å²) in [4.78, 5) is 4.54. The number of thioether (sulfide) groups is 1. The molecule has 0 aliphatic carbocycles. The molecule has 4 nitrogen and oxygen atoms in total. The molecule has 1 aromatic rings. The Morgan fingerprint density at radius 1 is 1.45 bits per heavy atom. The van der Waals surface area contributed by atoms with Crippen LogP contribution in [0, 0.1) is 13.8 Å². The van der Waals surface area contributed by atoms with Crippen LogP contribution in [0.3, 0.4) is 0 Å². The maximum atomic E-state index is 5.68. The van der Waals surface area contributed by atoms with E-state index in [0.717, 1.165) is 34.7 Å². The van der Waals surface area contributed by atoms with Gasteiger partial charge in [0.05, 0.1) is 7.11 Å². The lowest BCUT2D eigenvalue weighted by atomic mass is 10.1. The van der Waals surface area contributed by atoms with E-state index in [-0.39, 0.29) is 6.04 Å². The van der Waals surface area contributed by atoms with Crippen molar-refractivity contribution in [3.8, 4) is 5.75 Å². The Labute approximate surface area is 126 Å². The third-order valence-electron chi connectivity index (χ3n) is 3.58. The molecule has 0 saturated carbocycles. The van der Waals surface area contributed by atoms with Gasteiger partial charge in [-0.05, 0) is 20.3 Å². The van der Waals surface area contributed by atoms with Crippen molar-refractivity contribution in [1.29, 1.82) is 0 Å². The van der Waals surface area contributed by atoms with Crippen molar-refractivity contribution in [2.24, 2.45) is 5.84 Å². The van der Waals surface area contributed by atoms with Crippen molar-refractivity contribution < 1.29 is 4.74 Å². The van der Waals surface area contributed by atoms with Crippen LogP contribution < -0.4 is 16.0 Å². The summed E-state index contributed by atoms with van der Waals surface area (Å²) in [6.45, 7) is 8.53. The molecule has 2 atom stereocenters. The summed E-state index contributed by atoms with van der Waals surface area (Å²) >= 11 is 1.95. The number of nitrogens with one attached hydrogen (secondary N) is 1. The molecule has 3 N–H and O–H groups in total. The third kappa shape index (κ3) is 4.65. The number of aryl methyl sites for hydroxylation is 1. The number of rotatable bonds is 8. The zero-order valence-electron chi connectivity index (χ0n) is 13.2. The predicted molar refractivity (Wildman–Crippen MR) is 87.3 cm³/mol. The van der Waals surface area contributed by atoms with Gasteiger partial charge in [-0.1, -0.05) is 13.8 Å². The van der Waals surface area contributed by atoms with Crippen LogP contribution in [0.4, 0.5) is 0 Å². The quantitative estimate of drug-likeness (QED) is 0.570. The normalized spacial score (nSPS) is 14.1. The van der Waals surface area contributed by atoms with Gasteiger partial charge in [0.15, 0.2) is 0 Å². The Morgan fingerprint density at radius 2 is 2.15 bits per heavy atom. The van der Waals surface area contributed by atoms with Gasteiger partial charge in [-0.2, -0.15) is 11.8 Å². The SMILES string of the molecule is CCC(C)SCC(Cc1ncc(C)c(OC)c1C)NN. The van der Waals surface area contributed by atoms with E-state index in [2.05, 4.69) is 31.2 Å². The smallest absolute Gasteiger partial charge is 0.128 e. The highest BCUT2D eigenvalue weighted by Crippen LogP contribution is 2.25. The average molecular weight is 297 g/mol. The molecule has 1 heterocycles. The van der Waals surface area contributed by atoms with Gasteiger partial charge in [-0.25, -0.2) is 0 Å². The minimum Gasteiger partial charge on any atom is -0.496 e. The Kier molecular flexibility index (Phi) is 7.34. The van der Waals surface area contributed by atoms with Gasteiger partial charge < -0.3 is 4.74 Å². The maximum Gasteiger partial charge on any atom is 0.128 e. The molecule has 20 heavy (non-hydrogen) atoms. The highest BCUT2D eigenvalue weighted by molar-refractivity contribution is 7.99. The number of nitrogens with two attached hydrogens (primary N) is 1. The molecule has 0 aromatic carbocycles. The van der Waals surface area contributed by atoms with Crippen molar-refractivity contribution >= 4 is 11.8 Å². The Balaban J connectivity index is 2.75. The molecule has 0 bridgehead atoms. The monoisotopic (exact) mass is 297 g/mol. The van der Waals surface area contributed by atoms with Crippen LogP contribution in [0.25, 0.3) is 0 Å². The molecular weight excluding hydrogens is 270 g/mol. The van der Waals surface area contributed by atoms with Crippen molar-refractivity contribution in [1.82, 2.24) is 10.4 Å². The standard InChI is InChI=1S/C15H27N3OS/c1-6-11(3)20-9-13(18-16)7-14-12(4)15(19-5)10(2)8-17-14/h8,11,13,18H,6-7,9,16H2,1-5H3. The van der Waals surface area contributed by atoms with Crippen LogP contribution in [-0.2, 0) is 6.42 Å². The molecule has 0 amide bonds. The highest BCUT2D eigenvalue weighted by atomic mass is 32.2. The number of ether oxygens (including phenoxy) is 1. The minimum atomic E-state index is 0.229. The summed E-state index contributed by atoms with van der Waals surface area (Å²) in [5.41, 5.74) is 6.15. The van der Waals surface area contributed by atoms with E-state index in [1.165, 1.54) is 6.42 Å². The molecular formula is C15H27N3OS. The van der Waals surface area contributed by atoms with Gasteiger partial charge in [0, 0.05) is 46.5 Å². The fourth-order valence-electron chi connectivity index (χ4n) is 2.07. The summed E-state index contributed by atoms with van der Waals surface area (Å²) < 4.78 is 5.45. The first-order valence-electron chi connectivity index (χ1n) is 7.10. The Hall–Kier alpha value is -0.780. The Morgan fingerprint density at radius 3 is 2.70 bits per heavy atom. The van der Waals surface area contributed by atoms with Gasteiger partial charge in [0.2, 0.25) is 0 Å². The largest absolute Gasteiger partial charge is 0.496 e. The first-order valence-corrected chi connectivity index (χ1v) is 8.15. The molecule has 0 aliphatic heterocycles. The second kappa shape index (κ2) is 8.49. The van der Waals surface area contributed by atoms with Crippen molar-refractivity contribution in [3.05, 3.63) is 23.0 Å². The molecule has 1 aromatic heterocycles. The second-order valence-electron chi connectivity index (χ2n) is 5.17. The molecule has 0 aliphatic rings. The van der Waals surface area contributed by atoms with E-state index in [1.807, 2.05) is 24.9 Å². The number of hydrazine groups is 1. The van der Waals surface area contributed by atoms with E-state index < -0.39 is 0 Å². The van der Waals surface area contributed by atoms with Gasteiger partial charge in [0.1, 0.15) is 5.75 Å². The summed E-state index contributed by atoms with van der Waals surface area (Å²) in [6, 6.07) is 0.229. The van der Waals surface area contributed by atoms with Crippen LogP contribution in [-0.4, -0.2) is 29.1 Å². The van der Waals surface area contributed by atoms with Gasteiger partial charge >= 0.3 is 0 Å². The van der Waals surface area contributed by atoms with E-state index in [4.69, 9.17) is 10.6 Å². The number of hydrogen-bond acceptors (Lipinski definition) is 5. The lowest BCUT2D eigenvalue weighted by molar-refractivity contribution is 0.406. The molecule has 0 fully saturated rings. The van der Waals surface area contributed by atoms with E-state index in [1.54, 1.807) is 7.11 Å². The van der Waals surface area contributed by atoms with Crippen LogP contribution in [0.5, 0.6) is 5.75 Å². The second-order valence-corrected chi connectivity index (χ2v) is 6.64. The van der Waals surface area contributed by atoms with E-state index >= 15 is 0 Å². The average Bonchev–Trinajstić information content (AvgIpc) is 2.45. The van der Waals surface area contributed by atoms with Crippen LogP contribution in [0.1, 0.15) is 37.1 Å². The number of aromatic nitrogens is 1. The molecule has 0 spiro atoms. The zero-order chi connectivity index (χ0) is 15.1. The lowest BCUT2D eigenvalue weighted by Crippen LogP contribution is -2.39. The molecule has 1 rings (SSSR count). The van der Waals surface area contributed by atoms with Crippen molar-refractivity contribution in [2.75, 3.05) is 12.9 Å². The molecule has 0 radical (unpaired) electrons. The van der Waals surface area contributed by atoms with Crippen molar-refractivity contribution in [3.63, 3.8) is 0 Å². The van der Waals surface area contributed by atoms with Crippen molar-refractivity contribution in [2.45, 2.75) is 51.8 Å². The maximum absolute atomic E-state index is 5.68. The first-order chi connectivity index (χ1) is 9.53. The van der Waals surface area contributed by atoms with Crippen LogP contribution >= 0.6 is 11.8 Å². The number of nitrogens with zero attached hydrogens (tertiary/aromatic N) is 1. The number of hydrogen-bond donors (Lipinski definition) is 2. The fraction of sp³-hybridized carbons (Fsp3) is 0.667. The Bertz CT molecular complexity index is 426. The third-order valence-corrected chi connectivity index (χ3v) is 5.08. The van der Waals surface area contributed by atoms with Gasteiger partial charge in [0.25, 0.3) is 0 Å². The molecule has 2 unspecified atom stereocenters. The van der Waals surface area contributed by atoms with Crippen LogP contribution in [0.15, 0.2) is 6.20 Å². The fourth-order valence-corrected chi connectivity index (χ4v) is 3.09. The topological polar surface area (TPSA) is 60.2 Å². The predicted octanol–water partition coefficient (Wildman–Crippen LogP) is 2.61. The summed E-state index contributed by atoms with van der Waals surface area (Å²) in [5, 5.41) is 0.660. The first kappa shape index (κ1) is 17.3. The van der Waals surface area contributed by atoms with Gasteiger partial charge in [-0.3, -0.25) is 16.3 Å². The number of pyridine rings is 1. The zero-order valence-corrected chi connectivity index (χ0v) is 14.0.